The van der Waals surface area contributed by atoms with Gasteiger partial charge in [-0.05, 0) is 37.1 Å². The number of carbonyl (C=O) groups is 1. The Bertz CT molecular complexity index is 855. The van der Waals surface area contributed by atoms with Gasteiger partial charge in [0, 0.05) is 12.6 Å². The van der Waals surface area contributed by atoms with E-state index in [-0.39, 0.29) is 24.9 Å². The number of amides is 1. The number of nitriles is 1. The fraction of sp³-hybridized carbons (Fsp3) is 0.421. The highest BCUT2D eigenvalue weighted by molar-refractivity contribution is 7.80. The van der Waals surface area contributed by atoms with Crippen molar-refractivity contribution in [2.24, 2.45) is 0 Å². The van der Waals surface area contributed by atoms with Crippen molar-refractivity contribution in [2.45, 2.75) is 25.6 Å². The Kier molecular flexibility index (Phi) is 6.09. The zero-order valence-electron chi connectivity index (χ0n) is 15.3. The highest BCUT2D eigenvalue weighted by atomic mass is 32.1. The van der Waals surface area contributed by atoms with Crippen molar-refractivity contribution in [3.8, 4) is 6.07 Å². The van der Waals surface area contributed by atoms with Gasteiger partial charge in [0.2, 0.25) is 0 Å². The van der Waals surface area contributed by atoms with Crippen LogP contribution in [0.1, 0.15) is 13.3 Å². The minimum absolute atomic E-state index is 0.0137. The molecule has 1 aromatic carbocycles. The molecule has 0 saturated carbocycles. The second-order valence-electron chi connectivity index (χ2n) is 6.70. The van der Waals surface area contributed by atoms with Crippen LogP contribution in [0.4, 0.5) is 25.0 Å². The van der Waals surface area contributed by atoms with Gasteiger partial charge in [-0.1, -0.05) is 12.2 Å². The second kappa shape index (κ2) is 8.52. The largest absolute Gasteiger partial charge is 0.442 e. The van der Waals surface area contributed by atoms with E-state index in [9.17, 15) is 13.6 Å². The molecule has 1 N–H and O–H groups in total. The maximum absolute atomic E-state index is 14.7. The van der Waals surface area contributed by atoms with Crippen LogP contribution >= 0.6 is 12.2 Å². The van der Waals surface area contributed by atoms with Crippen LogP contribution in [0.15, 0.2) is 29.8 Å². The van der Waals surface area contributed by atoms with Gasteiger partial charge in [0.1, 0.15) is 18.1 Å². The molecule has 0 aliphatic carbocycles. The number of cyclic esters (lactones) is 1. The third kappa shape index (κ3) is 4.39. The molecule has 6 nitrogen and oxygen atoms in total. The lowest BCUT2D eigenvalue weighted by molar-refractivity contribution is 0.143. The van der Waals surface area contributed by atoms with Gasteiger partial charge in [0.15, 0.2) is 0 Å². The molecule has 2 atom stereocenters. The SMILES string of the molecule is CC(=S)NCC1CN(c2ccc(N3CCC(=CC#N)C(F)C3)c(F)c2)C(=O)O1. The van der Waals surface area contributed by atoms with E-state index in [0.717, 1.165) is 0 Å². The number of halogens is 2. The number of hydrogen-bond acceptors (Lipinski definition) is 5. The summed E-state index contributed by atoms with van der Waals surface area (Å²) in [5.74, 6) is -0.540. The Hall–Kier alpha value is -2.73. The van der Waals surface area contributed by atoms with Gasteiger partial charge < -0.3 is 15.0 Å². The number of carbonyl (C=O) groups excluding carboxylic acids is 1. The van der Waals surface area contributed by atoms with E-state index in [1.165, 1.54) is 23.1 Å². The molecule has 0 aromatic heterocycles. The highest BCUT2D eigenvalue weighted by Gasteiger charge is 2.33. The third-order valence-corrected chi connectivity index (χ3v) is 4.88. The third-order valence-electron chi connectivity index (χ3n) is 4.74. The fourth-order valence-corrected chi connectivity index (χ4v) is 3.39. The minimum atomic E-state index is -1.31. The number of benzene rings is 1. The summed E-state index contributed by atoms with van der Waals surface area (Å²) in [5, 5.41) is 11.6. The molecule has 2 unspecified atom stereocenters. The lowest BCUT2D eigenvalue weighted by atomic mass is 10.0. The number of thiocarbonyl (C=S) groups is 1. The molecule has 1 aromatic rings. The fourth-order valence-electron chi connectivity index (χ4n) is 3.30. The number of alkyl halides is 1. The molecule has 148 valence electrons. The van der Waals surface area contributed by atoms with Crippen LogP contribution < -0.4 is 15.1 Å². The van der Waals surface area contributed by atoms with Gasteiger partial charge >= 0.3 is 6.09 Å². The first kappa shape index (κ1) is 20.0. The zero-order valence-corrected chi connectivity index (χ0v) is 16.1. The van der Waals surface area contributed by atoms with E-state index in [0.29, 0.717) is 35.8 Å². The lowest BCUT2D eigenvalue weighted by Gasteiger charge is -2.32. The van der Waals surface area contributed by atoms with E-state index in [1.807, 2.05) is 6.07 Å². The summed E-state index contributed by atoms with van der Waals surface area (Å²) in [6.07, 6.45) is -0.653. The van der Waals surface area contributed by atoms with E-state index in [2.05, 4.69) is 5.32 Å². The Morgan fingerprint density at radius 3 is 2.93 bits per heavy atom. The Morgan fingerprint density at radius 2 is 2.29 bits per heavy atom. The molecule has 0 bridgehead atoms. The molecule has 9 heteroatoms. The van der Waals surface area contributed by atoms with Gasteiger partial charge in [0.05, 0.1) is 42.1 Å². The van der Waals surface area contributed by atoms with E-state index in [4.69, 9.17) is 22.2 Å². The average molecular weight is 406 g/mol. The number of hydrogen-bond donors (Lipinski definition) is 1. The predicted molar refractivity (Wildman–Crippen MR) is 106 cm³/mol. The summed E-state index contributed by atoms with van der Waals surface area (Å²) < 4.78 is 34.1. The lowest BCUT2D eigenvalue weighted by Crippen LogP contribution is -2.38. The van der Waals surface area contributed by atoms with Crippen LogP contribution in [0.3, 0.4) is 0 Å². The summed E-state index contributed by atoms with van der Waals surface area (Å²) in [7, 11) is 0. The number of nitrogens with zero attached hydrogens (tertiary/aromatic N) is 3. The number of anilines is 2. The maximum Gasteiger partial charge on any atom is 0.414 e. The van der Waals surface area contributed by atoms with Crippen LogP contribution in [0.25, 0.3) is 0 Å². The van der Waals surface area contributed by atoms with E-state index in [1.54, 1.807) is 17.9 Å². The number of rotatable bonds is 4. The Labute approximate surface area is 167 Å². The summed E-state index contributed by atoms with van der Waals surface area (Å²) in [4.78, 5) is 15.7. The average Bonchev–Trinajstić information content (AvgIpc) is 3.02. The summed E-state index contributed by atoms with van der Waals surface area (Å²) in [6, 6.07) is 6.25. The molecule has 2 aliphatic heterocycles. The smallest absolute Gasteiger partial charge is 0.414 e. The zero-order chi connectivity index (χ0) is 20.3. The molecular weight excluding hydrogens is 386 g/mol. The van der Waals surface area contributed by atoms with Crippen molar-refractivity contribution in [1.82, 2.24) is 5.32 Å². The summed E-state index contributed by atoms with van der Waals surface area (Å²) >= 11 is 4.94. The molecule has 2 aliphatic rings. The van der Waals surface area contributed by atoms with Crippen molar-refractivity contribution in [3.63, 3.8) is 0 Å². The van der Waals surface area contributed by atoms with E-state index >= 15 is 0 Å². The van der Waals surface area contributed by atoms with Gasteiger partial charge in [0.25, 0.3) is 0 Å². The normalized spacial score (nSPS) is 23.5. The van der Waals surface area contributed by atoms with Crippen molar-refractivity contribution in [1.29, 1.82) is 5.26 Å². The highest BCUT2D eigenvalue weighted by Crippen LogP contribution is 2.31. The van der Waals surface area contributed by atoms with Crippen LogP contribution in [0, 0.1) is 17.1 Å². The number of piperidine rings is 1. The minimum Gasteiger partial charge on any atom is -0.442 e. The van der Waals surface area contributed by atoms with Crippen LogP contribution in [0.2, 0.25) is 0 Å². The van der Waals surface area contributed by atoms with Gasteiger partial charge in [-0.2, -0.15) is 5.26 Å². The molecule has 1 amide bonds. The van der Waals surface area contributed by atoms with Crippen molar-refractivity contribution < 1.29 is 18.3 Å². The first-order valence-corrected chi connectivity index (χ1v) is 9.29. The molecule has 3 rings (SSSR count). The van der Waals surface area contributed by atoms with Crippen molar-refractivity contribution in [3.05, 3.63) is 35.7 Å². The van der Waals surface area contributed by atoms with E-state index < -0.39 is 18.1 Å². The monoisotopic (exact) mass is 406 g/mol. The summed E-state index contributed by atoms with van der Waals surface area (Å²) in [5.41, 5.74) is 1.08. The van der Waals surface area contributed by atoms with Gasteiger partial charge in [-0.15, -0.1) is 0 Å². The standard InChI is InChI=1S/C19H20F2N4O2S/c1-12(28)23-9-15-10-25(19(26)27-15)14-2-3-18(16(20)8-14)24-7-5-13(4-6-22)17(21)11-24/h2-4,8,15,17H,5,7,9-11H2,1H3,(H,23,28). The Morgan fingerprint density at radius 1 is 1.50 bits per heavy atom. The molecule has 28 heavy (non-hydrogen) atoms. The van der Waals surface area contributed by atoms with Crippen LogP contribution in [-0.4, -0.2) is 49.5 Å². The Balaban J connectivity index is 1.69. The van der Waals surface area contributed by atoms with Crippen LogP contribution in [0.5, 0.6) is 0 Å². The topological polar surface area (TPSA) is 68.6 Å². The van der Waals surface area contributed by atoms with Crippen molar-refractivity contribution in [2.75, 3.05) is 36.0 Å². The molecule has 2 fully saturated rings. The number of allylic oxidation sites excluding steroid dienone is 1. The summed E-state index contributed by atoms with van der Waals surface area (Å²) in [6.45, 7) is 2.81. The predicted octanol–water partition coefficient (Wildman–Crippen LogP) is 3.09. The second-order valence-corrected chi connectivity index (χ2v) is 7.31. The number of ether oxygens (including phenoxy) is 1. The first-order chi connectivity index (χ1) is 13.4. The number of nitrogens with one attached hydrogen (secondary N) is 1. The molecular formula is C19H20F2N4O2S. The quantitative estimate of drug-likeness (QED) is 0.612. The molecule has 0 spiro atoms. The molecule has 2 saturated heterocycles. The van der Waals surface area contributed by atoms with Crippen LogP contribution in [-0.2, 0) is 4.74 Å². The maximum atomic E-state index is 14.7. The van der Waals surface area contributed by atoms with Crippen molar-refractivity contribution >= 4 is 34.7 Å². The van der Waals surface area contributed by atoms with Gasteiger partial charge in [-0.3, -0.25) is 4.90 Å². The molecule has 0 radical (unpaired) electrons. The first-order valence-electron chi connectivity index (χ1n) is 8.88. The van der Waals surface area contributed by atoms with Gasteiger partial charge in [-0.25, -0.2) is 13.6 Å². The molecule has 2 heterocycles.